The Morgan fingerprint density at radius 3 is 2.59 bits per heavy atom. The molecule has 34 heavy (non-hydrogen) atoms. The molecular formula is C26H32ClN3O4. The molecule has 2 saturated heterocycles. The fourth-order valence-electron chi connectivity index (χ4n) is 4.30. The summed E-state index contributed by atoms with van der Waals surface area (Å²) in [6, 6.07) is 12.3. The van der Waals surface area contributed by atoms with Crippen LogP contribution in [0.2, 0.25) is 5.02 Å². The van der Waals surface area contributed by atoms with Crippen LogP contribution in [-0.4, -0.2) is 50.8 Å². The molecule has 0 aromatic heterocycles. The maximum atomic E-state index is 13.2. The highest BCUT2D eigenvalue weighted by Gasteiger charge is 2.23. The van der Waals surface area contributed by atoms with Gasteiger partial charge in [0.2, 0.25) is 0 Å². The van der Waals surface area contributed by atoms with Gasteiger partial charge in [0.1, 0.15) is 5.75 Å². The number of ether oxygens (including phenoxy) is 2. The van der Waals surface area contributed by atoms with Crippen LogP contribution in [0.5, 0.6) is 5.75 Å². The van der Waals surface area contributed by atoms with Crippen molar-refractivity contribution in [2.24, 2.45) is 5.92 Å². The normalized spacial score (nSPS) is 18.5. The molecule has 0 bridgehead atoms. The summed E-state index contributed by atoms with van der Waals surface area (Å²) in [4.78, 5) is 27.9. The molecule has 2 amide bonds. The Bertz CT molecular complexity index is 984. The van der Waals surface area contributed by atoms with Crippen LogP contribution in [-0.2, 0) is 9.53 Å². The third-order valence-corrected chi connectivity index (χ3v) is 6.60. The first-order valence-corrected chi connectivity index (χ1v) is 12.3. The Morgan fingerprint density at radius 1 is 1.12 bits per heavy atom. The monoisotopic (exact) mass is 485 g/mol. The van der Waals surface area contributed by atoms with E-state index in [-0.39, 0.29) is 24.5 Å². The van der Waals surface area contributed by atoms with Crippen LogP contribution < -0.4 is 20.3 Å². The summed E-state index contributed by atoms with van der Waals surface area (Å²) in [6.07, 6.45) is 4.24. The molecule has 1 unspecified atom stereocenters. The third kappa shape index (κ3) is 6.64. The Kier molecular flexibility index (Phi) is 8.29. The van der Waals surface area contributed by atoms with Crippen molar-refractivity contribution >= 4 is 34.8 Å². The lowest BCUT2D eigenvalue weighted by molar-refractivity contribution is -0.118. The SMILES string of the molecule is CC1CCN(c2ccc(NC(=O)COc3ccc(Cl)cc3)cc2C(=O)NCC2CCCO2)CC1. The van der Waals surface area contributed by atoms with Gasteiger partial charge in [-0.2, -0.15) is 0 Å². The van der Waals surface area contributed by atoms with Gasteiger partial charge in [0, 0.05) is 42.6 Å². The number of carbonyl (C=O) groups is 2. The van der Waals surface area contributed by atoms with Crippen molar-refractivity contribution in [2.45, 2.75) is 38.7 Å². The molecule has 2 aromatic rings. The molecule has 2 fully saturated rings. The van der Waals surface area contributed by atoms with Gasteiger partial charge in [-0.1, -0.05) is 18.5 Å². The first-order chi connectivity index (χ1) is 16.5. The van der Waals surface area contributed by atoms with Crippen LogP contribution in [0.4, 0.5) is 11.4 Å². The van der Waals surface area contributed by atoms with Crippen LogP contribution in [0.1, 0.15) is 43.0 Å². The van der Waals surface area contributed by atoms with E-state index < -0.39 is 0 Å². The molecule has 0 spiro atoms. The van der Waals surface area contributed by atoms with Crippen LogP contribution in [0.15, 0.2) is 42.5 Å². The molecule has 2 N–H and O–H groups in total. The van der Waals surface area contributed by atoms with Crippen LogP contribution in [0.3, 0.4) is 0 Å². The van der Waals surface area contributed by atoms with E-state index in [0.29, 0.717) is 34.5 Å². The van der Waals surface area contributed by atoms with Crippen LogP contribution in [0, 0.1) is 5.92 Å². The maximum Gasteiger partial charge on any atom is 0.262 e. The van der Waals surface area contributed by atoms with Crippen molar-refractivity contribution in [1.82, 2.24) is 5.32 Å². The molecule has 4 rings (SSSR count). The summed E-state index contributed by atoms with van der Waals surface area (Å²) in [5.41, 5.74) is 2.01. The minimum Gasteiger partial charge on any atom is -0.484 e. The van der Waals surface area contributed by atoms with Gasteiger partial charge in [0.15, 0.2) is 6.61 Å². The summed E-state index contributed by atoms with van der Waals surface area (Å²) in [7, 11) is 0. The zero-order valence-electron chi connectivity index (χ0n) is 19.5. The van der Waals surface area contributed by atoms with E-state index in [2.05, 4.69) is 22.5 Å². The quantitative estimate of drug-likeness (QED) is 0.575. The molecule has 2 aliphatic heterocycles. The predicted octanol–water partition coefficient (Wildman–Crippen LogP) is 4.50. The van der Waals surface area contributed by atoms with Crippen molar-refractivity contribution in [1.29, 1.82) is 0 Å². The summed E-state index contributed by atoms with van der Waals surface area (Å²) in [6.45, 7) is 5.17. The van der Waals surface area contributed by atoms with Crippen molar-refractivity contribution in [3.8, 4) is 5.75 Å². The van der Waals surface area contributed by atoms with Crippen molar-refractivity contribution in [2.75, 3.05) is 43.1 Å². The molecule has 182 valence electrons. The number of nitrogens with one attached hydrogen (secondary N) is 2. The zero-order valence-corrected chi connectivity index (χ0v) is 20.3. The van der Waals surface area contributed by atoms with Gasteiger partial charge in [0.05, 0.1) is 11.7 Å². The fraction of sp³-hybridized carbons (Fsp3) is 0.462. The van der Waals surface area contributed by atoms with E-state index in [1.165, 1.54) is 0 Å². The predicted molar refractivity (Wildman–Crippen MR) is 134 cm³/mol. The molecule has 0 saturated carbocycles. The van der Waals surface area contributed by atoms with Crippen LogP contribution in [0.25, 0.3) is 0 Å². The largest absolute Gasteiger partial charge is 0.484 e. The maximum absolute atomic E-state index is 13.2. The molecule has 2 aliphatic rings. The highest BCUT2D eigenvalue weighted by Crippen LogP contribution is 2.29. The molecule has 2 aromatic carbocycles. The number of carbonyl (C=O) groups excluding carboxylic acids is 2. The standard InChI is InChI=1S/C26H32ClN3O4/c1-18-10-12-30(13-11-18)24-9-6-20(15-23(24)26(32)28-16-22-3-2-14-33-22)29-25(31)17-34-21-7-4-19(27)5-8-21/h4-9,15,18,22H,2-3,10-14,16-17H2,1H3,(H,28,32)(H,29,31). The number of nitrogens with zero attached hydrogens (tertiary/aromatic N) is 1. The van der Waals surface area contributed by atoms with E-state index in [1.54, 1.807) is 30.3 Å². The Balaban J connectivity index is 1.44. The molecule has 7 nitrogen and oxygen atoms in total. The number of rotatable bonds is 8. The summed E-state index contributed by atoms with van der Waals surface area (Å²) >= 11 is 5.88. The van der Waals surface area contributed by atoms with Gasteiger partial charge in [-0.15, -0.1) is 0 Å². The first-order valence-electron chi connectivity index (χ1n) is 11.9. The van der Waals surface area contributed by atoms with Gasteiger partial charge < -0.3 is 25.0 Å². The lowest BCUT2D eigenvalue weighted by Gasteiger charge is -2.33. The number of hydrogen-bond acceptors (Lipinski definition) is 5. The van der Waals surface area contributed by atoms with E-state index in [0.717, 1.165) is 51.1 Å². The van der Waals surface area contributed by atoms with E-state index in [1.807, 2.05) is 12.1 Å². The molecule has 0 radical (unpaired) electrons. The highest BCUT2D eigenvalue weighted by atomic mass is 35.5. The van der Waals surface area contributed by atoms with Gasteiger partial charge in [-0.05, 0) is 74.1 Å². The van der Waals surface area contributed by atoms with E-state index >= 15 is 0 Å². The number of anilines is 2. The lowest BCUT2D eigenvalue weighted by Crippen LogP contribution is -2.36. The Morgan fingerprint density at radius 2 is 1.88 bits per heavy atom. The van der Waals surface area contributed by atoms with Gasteiger partial charge in [-0.3, -0.25) is 9.59 Å². The minimum absolute atomic E-state index is 0.0659. The summed E-state index contributed by atoms with van der Waals surface area (Å²) in [5, 5.41) is 6.46. The van der Waals surface area contributed by atoms with Crippen molar-refractivity contribution in [3.63, 3.8) is 0 Å². The smallest absolute Gasteiger partial charge is 0.262 e. The second kappa shape index (κ2) is 11.6. The van der Waals surface area contributed by atoms with Gasteiger partial charge in [0.25, 0.3) is 11.8 Å². The number of halogens is 1. The van der Waals surface area contributed by atoms with E-state index in [4.69, 9.17) is 21.1 Å². The second-order valence-corrected chi connectivity index (χ2v) is 9.47. The summed E-state index contributed by atoms with van der Waals surface area (Å²) < 4.78 is 11.2. The zero-order chi connectivity index (χ0) is 23.9. The van der Waals surface area contributed by atoms with Crippen LogP contribution >= 0.6 is 11.6 Å². The number of piperidine rings is 1. The Labute approximate surface area is 205 Å². The number of hydrogen-bond donors (Lipinski definition) is 2. The lowest BCUT2D eigenvalue weighted by atomic mass is 9.97. The summed E-state index contributed by atoms with van der Waals surface area (Å²) in [5.74, 6) is 0.786. The highest BCUT2D eigenvalue weighted by molar-refractivity contribution is 6.30. The average molecular weight is 486 g/mol. The average Bonchev–Trinajstić information content (AvgIpc) is 3.36. The molecular weight excluding hydrogens is 454 g/mol. The molecule has 8 heteroatoms. The minimum atomic E-state index is -0.305. The van der Waals surface area contributed by atoms with E-state index in [9.17, 15) is 9.59 Å². The van der Waals surface area contributed by atoms with Gasteiger partial charge in [-0.25, -0.2) is 0 Å². The second-order valence-electron chi connectivity index (χ2n) is 9.04. The Hall–Kier alpha value is -2.77. The molecule has 0 aliphatic carbocycles. The molecule has 1 atom stereocenters. The molecule has 2 heterocycles. The first kappa shape index (κ1) is 24.4. The fourth-order valence-corrected chi connectivity index (χ4v) is 4.43. The topological polar surface area (TPSA) is 79.9 Å². The van der Waals surface area contributed by atoms with Crippen molar-refractivity contribution < 1.29 is 19.1 Å². The number of amides is 2. The number of benzene rings is 2. The third-order valence-electron chi connectivity index (χ3n) is 6.35. The van der Waals surface area contributed by atoms with Crippen molar-refractivity contribution in [3.05, 3.63) is 53.1 Å². The van der Waals surface area contributed by atoms with Gasteiger partial charge >= 0.3 is 0 Å².